The van der Waals surface area contributed by atoms with Crippen LogP contribution in [0.4, 0.5) is 17.6 Å². The maximum Gasteiger partial charge on any atom is 0.573 e. The molecule has 0 aliphatic carbocycles. The first-order valence-corrected chi connectivity index (χ1v) is 15.2. The second-order valence-electron chi connectivity index (χ2n) is 10.9. The number of amidine groups is 1. The predicted octanol–water partition coefficient (Wildman–Crippen LogP) is 4.10. The van der Waals surface area contributed by atoms with Crippen molar-refractivity contribution in [3.63, 3.8) is 0 Å². The lowest BCUT2D eigenvalue weighted by molar-refractivity contribution is -0.274. The Morgan fingerprint density at radius 3 is 2.40 bits per heavy atom. The smallest absolute Gasteiger partial charge is 0.406 e. The minimum atomic E-state index is -4.87. The fourth-order valence-electron chi connectivity index (χ4n) is 5.63. The third-order valence-electron chi connectivity index (χ3n) is 7.90. The number of amides is 2. The lowest BCUT2D eigenvalue weighted by Crippen LogP contribution is -2.50. The van der Waals surface area contributed by atoms with E-state index in [0.29, 0.717) is 35.2 Å². The molecule has 0 aromatic heterocycles. The molecule has 230 valence electrons. The maximum absolute atomic E-state index is 13.6. The van der Waals surface area contributed by atoms with E-state index in [-0.39, 0.29) is 49.8 Å². The lowest BCUT2D eigenvalue weighted by Gasteiger charge is -2.34. The number of aliphatic imine (C=N–C) groups is 1. The Morgan fingerprint density at radius 1 is 1.12 bits per heavy atom. The molecule has 5 rings (SSSR count). The zero-order valence-electron chi connectivity index (χ0n) is 23.4. The molecular weight excluding hydrogens is 592 g/mol. The number of hydrogen-bond acceptors (Lipinski definition) is 6. The number of hydrogen-bond donors (Lipinski definition) is 1. The van der Waals surface area contributed by atoms with Crippen LogP contribution in [0.1, 0.15) is 51.9 Å². The number of carbonyl (C=O) groups is 2. The summed E-state index contributed by atoms with van der Waals surface area (Å²) in [6, 6.07) is 8.42. The highest BCUT2D eigenvalue weighted by Crippen LogP contribution is 2.33. The largest absolute Gasteiger partial charge is 0.573 e. The van der Waals surface area contributed by atoms with Crippen LogP contribution in [0.5, 0.6) is 5.75 Å². The number of alkyl halides is 4. The van der Waals surface area contributed by atoms with Gasteiger partial charge in [-0.25, -0.2) is 12.8 Å². The number of nitrogens with zero attached hydrogens (tertiary/aromatic N) is 3. The quantitative estimate of drug-likeness (QED) is 0.489. The van der Waals surface area contributed by atoms with Crippen molar-refractivity contribution in [1.82, 2.24) is 14.5 Å². The zero-order chi connectivity index (χ0) is 31.2. The molecule has 14 heteroatoms. The normalized spacial score (nSPS) is 21.0. The highest BCUT2D eigenvalue weighted by Gasteiger charge is 2.47. The molecule has 2 aromatic carbocycles. The summed E-state index contributed by atoms with van der Waals surface area (Å²) < 4.78 is 83.0. The van der Waals surface area contributed by atoms with Crippen molar-refractivity contribution < 1.29 is 40.3 Å². The Labute approximate surface area is 246 Å². The van der Waals surface area contributed by atoms with Crippen molar-refractivity contribution in [2.24, 2.45) is 4.99 Å². The number of ether oxygens (including phenoxy) is 1. The molecule has 1 N–H and O–H groups in total. The van der Waals surface area contributed by atoms with Gasteiger partial charge in [0.2, 0.25) is 10.0 Å². The van der Waals surface area contributed by atoms with Gasteiger partial charge < -0.3 is 15.0 Å². The van der Waals surface area contributed by atoms with Crippen LogP contribution < -0.4 is 10.1 Å². The fourth-order valence-corrected chi connectivity index (χ4v) is 6.80. The number of piperidine rings is 1. The topological polar surface area (TPSA) is 108 Å². The van der Waals surface area contributed by atoms with Gasteiger partial charge in [-0.15, -0.1) is 13.2 Å². The molecule has 43 heavy (non-hydrogen) atoms. The highest BCUT2D eigenvalue weighted by atomic mass is 32.2. The standard InChI is InChI=1S/C29H30F4N4O5S/c1-18-14-21(26(38)36-10-6-22(30)17-36)15-19(2)24(18)7-13-43(40,41)37-11-8-28(9-12-37)27(39)34-25(35-28)20-4-3-5-23(16-20)42-29(31,32)33/h3-5,7,13-16,22H,6,8-12,17H2,1-2H3,(H,34,35,39)/b13-7+/t22-/m1/s1. The van der Waals surface area contributed by atoms with E-state index in [2.05, 4.69) is 15.0 Å². The molecule has 3 heterocycles. The van der Waals surface area contributed by atoms with E-state index < -0.39 is 39.8 Å². The van der Waals surface area contributed by atoms with Crippen LogP contribution in [0.2, 0.25) is 0 Å². The molecule has 3 aliphatic rings. The van der Waals surface area contributed by atoms with Gasteiger partial charge in [-0.3, -0.25) is 14.6 Å². The molecule has 1 atom stereocenters. The average molecular weight is 623 g/mol. The fraction of sp³-hybridized carbons (Fsp3) is 0.414. The van der Waals surface area contributed by atoms with Crippen LogP contribution in [0.25, 0.3) is 6.08 Å². The van der Waals surface area contributed by atoms with Crippen molar-refractivity contribution in [2.75, 3.05) is 26.2 Å². The molecule has 1 spiro atoms. The second kappa shape index (κ2) is 11.4. The number of nitrogens with one attached hydrogen (secondary N) is 1. The zero-order valence-corrected chi connectivity index (χ0v) is 24.3. The molecule has 2 amide bonds. The van der Waals surface area contributed by atoms with Gasteiger partial charge in [0.05, 0.1) is 6.54 Å². The van der Waals surface area contributed by atoms with Gasteiger partial charge in [-0.05, 0) is 80.1 Å². The molecule has 9 nitrogen and oxygen atoms in total. The van der Waals surface area contributed by atoms with E-state index in [0.717, 1.165) is 17.5 Å². The number of likely N-dealkylation sites (tertiary alicyclic amines) is 1. The van der Waals surface area contributed by atoms with E-state index >= 15 is 0 Å². The summed E-state index contributed by atoms with van der Waals surface area (Å²) in [4.78, 5) is 31.6. The molecule has 2 fully saturated rings. The van der Waals surface area contributed by atoms with Crippen LogP contribution in [0.15, 0.2) is 46.8 Å². The summed E-state index contributed by atoms with van der Waals surface area (Å²) in [5.41, 5.74) is 1.43. The Morgan fingerprint density at radius 2 is 1.79 bits per heavy atom. The number of aryl methyl sites for hydroxylation is 2. The van der Waals surface area contributed by atoms with Crippen molar-refractivity contribution in [2.45, 2.75) is 51.2 Å². The van der Waals surface area contributed by atoms with Gasteiger partial charge in [0.25, 0.3) is 11.8 Å². The number of carbonyl (C=O) groups excluding carboxylic acids is 2. The van der Waals surface area contributed by atoms with Crippen LogP contribution in [0.3, 0.4) is 0 Å². The summed E-state index contributed by atoms with van der Waals surface area (Å²) in [6.45, 7) is 3.96. The molecule has 3 aliphatic heterocycles. The van der Waals surface area contributed by atoms with E-state index in [1.165, 1.54) is 27.4 Å². The third-order valence-corrected chi connectivity index (χ3v) is 9.46. The monoisotopic (exact) mass is 622 g/mol. The van der Waals surface area contributed by atoms with Crippen LogP contribution in [-0.4, -0.2) is 79.5 Å². The SMILES string of the molecule is Cc1cc(C(=O)N2CC[C@@H](F)C2)cc(C)c1/C=C/S(=O)(=O)N1CCC2(CC1)N=C(c1cccc(OC(F)(F)F)c1)NC2=O. The Bertz CT molecular complexity index is 1590. The van der Waals surface area contributed by atoms with Gasteiger partial charge in [-0.2, -0.15) is 4.31 Å². The molecule has 2 saturated heterocycles. The van der Waals surface area contributed by atoms with Crippen LogP contribution in [0, 0.1) is 13.8 Å². The first-order valence-electron chi connectivity index (χ1n) is 13.7. The second-order valence-corrected chi connectivity index (χ2v) is 12.7. The van der Waals surface area contributed by atoms with E-state index in [1.54, 1.807) is 26.0 Å². The van der Waals surface area contributed by atoms with Crippen LogP contribution in [-0.2, 0) is 14.8 Å². The van der Waals surface area contributed by atoms with Gasteiger partial charge in [0, 0.05) is 36.2 Å². The molecule has 0 radical (unpaired) electrons. The third kappa shape index (κ3) is 6.59. The summed E-state index contributed by atoms with van der Waals surface area (Å²) in [7, 11) is -3.88. The summed E-state index contributed by atoms with van der Waals surface area (Å²) in [6.07, 6.45) is -3.95. The Balaban J connectivity index is 1.26. The van der Waals surface area contributed by atoms with Crippen LogP contribution >= 0.6 is 0 Å². The maximum atomic E-state index is 13.6. The lowest BCUT2D eigenvalue weighted by atomic mass is 9.89. The number of benzene rings is 2. The van der Waals surface area contributed by atoms with Crippen molar-refractivity contribution >= 4 is 33.7 Å². The first-order chi connectivity index (χ1) is 20.2. The predicted molar refractivity (Wildman–Crippen MR) is 151 cm³/mol. The van der Waals surface area contributed by atoms with E-state index in [1.807, 2.05) is 0 Å². The summed E-state index contributed by atoms with van der Waals surface area (Å²) >= 11 is 0. The number of halogens is 4. The summed E-state index contributed by atoms with van der Waals surface area (Å²) in [5, 5.41) is 3.70. The van der Waals surface area contributed by atoms with Crippen molar-refractivity contribution in [1.29, 1.82) is 0 Å². The number of sulfonamides is 1. The molecule has 0 bridgehead atoms. The minimum Gasteiger partial charge on any atom is -0.406 e. The van der Waals surface area contributed by atoms with Gasteiger partial charge in [0.15, 0.2) is 0 Å². The summed E-state index contributed by atoms with van der Waals surface area (Å²) in [5.74, 6) is -1.07. The van der Waals surface area contributed by atoms with Gasteiger partial charge >= 0.3 is 6.36 Å². The highest BCUT2D eigenvalue weighted by molar-refractivity contribution is 7.92. The minimum absolute atomic E-state index is 0.00486. The number of rotatable bonds is 6. The van der Waals surface area contributed by atoms with E-state index in [4.69, 9.17) is 0 Å². The Hall–Kier alpha value is -3.78. The van der Waals surface area contributed by atoms with Gasteiger partial charge in [-0.1, -0.05) is 12.1 Å². The average Bonchev–Trinajstić information content (AvgIpc) is 3.50. The molecular formula is C29H30F4N4O5S. The molecule has 0 saturated carbocycles. The van der Waals surface area contributed by atoms with E-state index in [9.17, 15) is 35.6 Å². The molecule has 0 unspecified atom stereocenters. The van der Waals surface area contributed by atoms with Crippen molar-refractivity contribution in [3.8, 4) is 5.75 Å². The van der Waals surface area contributed by atoms with Gasteiger partial charge in [0.1, 0.15) is 23.3 Å². The molecule has 2 aromatic rings. The van der Waals surface area contributed by atoms with Crippen molar-refractivity contribution in [3.05, 3.63) is 69.6 Å². The Kier molecular flexibility index (Phi) is 8.11. The first kappa shape index (κ1) is 30.7.